The van der Waals surface area contributed by atoms with Crippen LogP contribution in [0, 0.1) is 28.9 Å². The summed E-state index contributed by atoms with van der Waals surface area (Å²) in [6, 6.07) is 1.95. The number of halogens is 3. The molecule has 0 unspecified atom stereocenters. The van der Waals surface area contributed by atoms with Gasteiger partial charge in [0.1, 0.15) is 18.5 Å². The Balaban J connectivity index is 1.49. The van der Waals surface area contributed by atoms with E-state index in [4.69, 9.17) is 0 Å². The molecule has 8 heteroatoms. The maximum absolute atomic E-state index is 14.2. The van der Waals surface area contributed by atoms with E-state index in [1.54, 1.807) is 6.33 Å². The first-order chi connectivity index (χ1) is 12.9. The van der Waals surface area contributed by atoms with Gasteiger partial charge >= 0.3 is 0 Å². The lowest BCUT2D eigenvalue weighted by Crippen LogP contribution is -2.60. The highest BCUT2D eigenvalue weighted by molar-refractivity contribution is 9.10. The summed E-state index contributed by atoms with van der Waals surface area (Å²) >= 11 is 3.16. The minimum absolute atomic E-state index is 0.00644. The van der Waals surface area contributed by atoms with Gasteiger partial charge in [-0.05, 0) is 72.4 Å². The molecule has 6 rings (SSSR count). The highest BCUT2D eigenvalue weighted by Crippen LogP contribution is 2.64. The van der Waals surface area contributed by atoms with Crippen LogP contribution in [0.3, 0.4) is 0 Å². The lowest BCUT2D eigenvalue weighted by Gasteiger charge is -2.60. The van der Waals surface area contributed by atoms with Crippen LogP contribution in [0.15, 0.2) is 29.3 Å². The molecule has 142 valence electrons. The Bertz CT molecular complexity index is 879. The van der Waals surface area contributed by atoms with Crippen molar-refractivity contribution in [3.63, 3.8) is 0 Å². The molecule has 2 atom stereocenters. The quantitative estimate of drug-likeness (QED) is 0.781. The molecule has 1 heterocycles. The Kier molecular flexibility index (Phi) is 3.73. The number of nitrogens with one attached hydrogen (secondary N) is 1. The van der Waals surface area contributed by atoms with Crippen LogP contribution in [0.25, 0.3) is 0 Å². The van der Waals surface area contributed by atoms with Gasteiger partial charge in [-0.25, -0.2) is 18.4 Å². The molecule has 4 aliphatic rings. The summed E-state index contributed by atoms with van der Waals surface area (Å²) in [5, 5.41) is 7.14. The Labute approximate surface area is 163 Å². The predicted molar refractivity (Wildman–Crippen MR) is 97.8 cm³/mol. The number of aromatic nitrogens is 3. The van der Waals surface area contributed by atoms with Crippen molar-refractivity contribution in [2.75, 3.05) is 5.32 Å². The van der Waals surface area contributed by atoms with E-state index in [1.807, 2.05) is 4.68 Å². The molecule has 1 aromatic heterocycles. The van der Waals surface area contributed by atoms with E-state index in [9.17, 15) is 13.6 Å². The summed E-state index contributed by atoms with van der Waals surface area (Å²) < 4.78 is 29.7. The van der Waals surface area contributed by atoms with Crippen molar-refractivity contribution >= 4 is 27.5 Å². The minimum atomic E-state index is -0.772. The summed E-state index contributed by atoms with van der Waals surface area (Å²) in [6.45, 7) is 0. The molecule has 5 nitrogen and oxygen atoms in total. The Morgan fingerprint density at radius 2 is 1.96 bits per heavy atom. The fourth-order valence-electron chi connectivity index (χ4n) is 6.11. The number of hydrogen-bond acceptors (Lipinski definition) is 3. The van der Waals surface area contributed by atoms with Crippen molar-refractivity contribution < 1.29 is 13.6 Å². The Morgan fingerprint density at radius 3 is 2.59 bits per heavy atom. The van der Waals surface area contributed by atoms with Gasteiger partial charge in [0.2, 0.25) is 5.91 Å². The molecule has 4 bridgehead atoms. The molecule has 27 heavy (non-hydrogen) atoms. The number of carbonyl (C=O) groups is 1. The van der Waals surface area contributed by atoms with Gasteiger partial charge in [0.15, 0.2) is 5.82 Å². The zero-order chi connectivity index (χ0) is 18.8. The average Bonchev–Trinajstić information content (AvgIpc) is 3.12. The van der Waals surface area contributed by atoms with Crippen molar-refractivity contribution in [3.8, 4) is 0 Å². The van der Waals surface area contributed by atoms with E-state index in [1.165, 1.54) is 6.33 Å². The van der Waals surface area contributed by atoms with Gasteiger partial charge in [-0.1, -0.05) is 0 Å². The van der Waals surface area contributed by atoms with Gasteiger partial charge in [-0.2, -0.15) is 5.10 Å². The fraction of sp³-hybridized carbons (Fsp3) is 0.526. The van der Waals surface area contributed by atoms with Gasteiger partial charge in [0.05, 0.1) is 16.6 Å². The third-order valence-corrected chi connectivity index (χ3v) is 7.29. The van der Waals surface area contributed by atoms with Crippen LogP contribution in [-0.4, -0.2) is 20.7 Å². The van der Waals surface area contributed by atoms with Crippen molar-refractivity contribution in [2.45, 2.75) is 44.1 Å². The van der Waals surface area contributed by atoms with Gasteiger partial charge in [0.25, 0.3) is 0 Å². The molecule has 4 aliphatic carbocycles. The molecule has 0 spiro atoms. The lowest BCUT2D eigenvalue weighted by molar-refractivity contribution is -0.150. The van der Waals surface area contributed by atoms with E-state index < -0.39 is 17.0 Å². The van der Waals surface area contributed by atoms with Gasteiger partial charge in [-0.3, -0.25) is 4.79 Å². The number of nitrogens with zero attached hydrogens (tertiary/aromatic N) is 3. The highest BCUT2D eigenvalue weighted by Gasteiger charge is 2.61. The first-order valence-corrected chi connectivity index (χ1v) is 10.00. The second-order valence-electron chi connectivity index (χ2n) is 8.50. The summed E-state index contributed by atoms with van der Waals surface area (Å²) in [5.41, 5.74) is -0.723. The average molecular weight is 437 g/mol. The number of amides is 1. The third kappa shape index (κ3) is 2.63. The monoisotopic (exact) mass is 436 g/mol. The van der Waals surface area contributed by atoms with Gasteiger partial charge in [-0.15, -0.1) is 0 Å². The van der Waals surface area contributed by atoms with E-state index in [0.717, 1.165) is 44.2 Å². The molecule has 2 aromatic rings. The molecular weight excluding hydrogens is 418 g/mol. The van der Waals surface area contributed by atoms with E-state index in [-0.39, 0.29) is 21.6 Å². The largest absolute Gasteiger partial charge is 0.322 e. The Hall–Kier alpha value is -1.83. The van der Waals surface area contributed by atoms with E-state index >= 15 is 0 Å². The fourth-order valence-corrected chi connectivity index (χ4v) is 6.62. The first kappa shape index (κ1) is 17.3. The highest BCUT2D eigenvalue weighted by atomic mass is 79.9. The molecule has 4 saturated carbocycles. The first-order valence-electron chi connectivity index (χ1n) is 9.20. The summed E-state index contributed by atoms with van der Waals surface area (Å²) in [7, 11) is 0. The number of anilines is 1. The SMILES string of the molecule is O=C(Nc1c(F)cc(F)cc1Br)C12C[C@@H]3C[C@@H](C1)CC(n1cncn1)(C3)C2. The minimum Gasteiger partial charge on any atom is -0.322 e. The number of hydrogen-bond donors (Lipinski definition) is 1. The van der Waals surface area contributed by atoms with Crippen LogP contribution in [0.4, 0.5) is 14.5 Å². The van der Waals surface area contributed by atoms with Crippen molar-refractivity contribution in [3.05, 3.63) is 40.9 Å². The number of rotatable bonds is 3. The maximum atomic E-state index is 14.2. The molecule has 0 saturated heterocycles. The van der Waals surface area contributed by atoms with Crippen LogP contribution in [0.1, 0.15) is 38.5 Å². The zero-order valence-corrected chi connectivity index (χ0v) is 16.2. The molecule has 1 N–H and O–H groups in total. The standard InChI is InChI=1S/C19H19BrF2N4O/c20-14-2-13(21)3-15(22)16(14)25-17(27)18-4-11-1-12(5-18)7-19(6-11,8-18)26-10-23-9-24-26/h2-3,9-12H,1,4-8H2,(H,25,27)/t11-,12-,18?,19?/m0/s1. The molecule has 0 radical (unpaired) electrons. The van der Waals surface area contributed by atoms with E-state index in [0.29, 0.717) is 18.3 Å². The molecule has 1 aromatic carbocycles. The Morgan fingerprint density at radius 1 is 1.22 bits per heavy atom. The second kappa shape index (κ2) is 5.83. The van der Waals surface area contributed by atoms with Gasteiger partial charge < -0.3 is 5.32 Å². The van der Waals surface area contributed by atoms with Crippen LogP contribution in [-0.2, 0) is 10.3 Å². The van der Waals surface area contributed by atoms with Crippen LogP contribution in [0.2, 0.25) is 0 Å². The van der Waals surface area contributed by atoms with Crippen molar-refractivity contribution in [2.24, 2.45) is 17.3 Å². The van der Waals surface area contributed by atoms with Gasteiger partial charge in [0, 0.05) is 10.5 Å². The number of benzene rings is 1. The van der Waals surface area contributed by atoms with Crippen molar-refractivity contribution in [1.82, 2.24) is 14.8 Å². The van der Waals surface area contributed by atoms with Crippen LogP contribution >= 0.6 is 15.9 Å². The van der Waals surface area contributed by atoms with Crippen LogP contribution in [0.5, 0.6) is 0 Å². The van der Waals surface area contributed by atoms with Crippen LogP contribution < -0.4 is 5.32 Å². The number of carbonyl (C=O) groups excluding carboxylic acids is 1. The normalized spacial score (nSPS) is 34.0. The van der Waals surface area contributed by atoms with Crippen molar-refractivity contribution in [1.29, 1.82) is 0 Å². The second-order valence-corrected chi connectivity index (χ2v) is 9.36. The molecule has 0 aliphatic heterocycles. The molecule has 1 amide bonds. The predicted octanol–water partition coefficient (Wildman–Crippen LogP) is 4.25. The summed E-state index contributed by atoms with van der Waals surface area (Å²) in [6.07, 6.45) is 8.75. The third-order valence-electron chi connectivity index (χ3n) is 6.66. The topological polar surface area (TPSA) is 59.8 Å². The van der Waals surface area contributed by atoms with E-state index in [2.05, 4.69) is 31.3 Å². The summed E-state index contributed by atoms with van der Waals surface area (Å²) in [5.74, 6) is -0.707. The molecular formula is C19H19BrF2N4O. The summed E-state index contributed by atoms with van der Waals surface area (Å²) in [4.78, 5) is 17.4. The lowest BCUT2D eigenvalue weighted by atomic mass is 9.46. The zero-order valence-electron chi connectivity index (χ0n) is 14.6. The maximum Gasteiger partial charge on any atom is 0.230 e. The molecule has 4 fully saturated rings. The smallest absolute Gasteiger partial charge is 0.230 e.